The predicted octanol–water partition coefficient (Wildman–Crippen LogP) is 1.13. The number of benzene rings is 1. The van der Waals surface area contributed by atoms with Crippen molar-refractivity contribution in [2.45, 2.75) is 30.7 Å². The first kappa shape index (κ1) is 18.3. The number of ether oxygens (including phenoxy) is 1. The Morgan fingerprint density at radius 1 is 1.16 bits per heavy atom. The van der Waals surface area contributed by atoms with E-state index in [-0.39, 0.29) is 16.8 Å². The topological polar surface area (TPSA) is 79.0 Å². The predicted molar refractivity (Wildman–Crippen MR) is 94.9 cm³/mol. The van der Waals surface area contributed by atoms with E-state index in [9.17, 15) is 13.2 Å². The van der Waals surface area contributed by atoms with Crippen LogP contribution in [0.2, 0.25) is 0 Å². The van der Waals surface area contributed by atoms with Crippen molar-refractivity contribution in [3.8, 4) is 0 Å². The minimum absolute atomic E-state index is 0.181. The highest BCUT2D eigenvalue weighted by Gasteiger charge is 2.33. The molecule has 1 atom stereocenters. The lowest BCUT2D eigenvalue weighted by Gasteiger charge is -2.40. The van der Waals surface area contributed by atoms with E-state index in [0.717, 1.165) is 25.9 Å². The maximum atomic E-state index is 12.9. The quantitative estimate of drug-likeness (QED) is 0.863. The molecule has 0 unspecified atom stereocenters. The van der Waals surface area contributed by atoms with Crippen molar-refractivity contribution in [1.82, 2.24) is 9.21 Å². The number of anilines is 1. The molecule has 3 rings (SSSR count). The molecule has 25 heavy (non-hydrogen) atoms. The summed E-state index contributed by atoms with van der Waals surface area (Å²) in [7, 11) is -3.52. The molecule has 2 aliphatic rings. The van der Waals surface area contributed by atoms with Crippen LogP contribution in [0.5, 0.6) is 0 Å². The standard InChI is InChI=1S/C17H25N3O4S/c1-14(21)18-15-4-6-17(7-5-15)25(22,23)20-8-2-3-16(13-20)19-9-11-24-12-10-19/h4-7,16H,2-3,8-13H2,1H3,(H,18,21)/t16-/m1/s1. The Kier molecular flexibility index (Phi) is 5.73. The normalized spacial score (nSPS) is 23.3. The second-order valence-corrected chi connectivity index (χ2v) is 8.45. The van der Waals surface area contributed by atoms with Gasteiger partial charge < -0.3 is 10.1 Å². The lowest BCUT2D eigenvalue weighted by atomic mass is 10.1. The molecule has 8 heteroatoms. The van der Waals surface area contributed by atoms with E-state index in [4.69, 9.17) is 4.74 Å². The lowest BCUT2D eigenvalue weighted by molar-refractivity contribution is -0.114. The second kappa shape index (κ2) is 7.82. The van der Waals surface area contributed by atoms with Crippen molar-refractivity contribution >= 4 is 21.6 Å². The van der Waals surface area contributed by atoms with E-state index in [2.05, 4.69) is 10.2 Å². The minimum Gasteiger partial charge on any atom is -0.379 e. The molecule has 2 fully saturated rings. The largest absolute Gasteiger partial charge is 0.379 e. The Bertz CT molecular complexity index is 699. The summed E-state index contributed by atoms with van der Waals surface area (Å²) in [5.41, 5.74) is 0.594. The fourth-order valence-corrected chi connectivity index (χ4v) is 4.96. The molecule has 0 bridgehead atoms. The molecule has 2 heterocycles. The van der Waals surface area contributed by atoms with Crippen molar-refractivity contribution < 1.29 is 17.9 Å². The molecular formula is C17H25N3O4S. The Morgan fingerprint density at radius 2 is 1.84 bits per heavy atom. The van der Waals surface area contributed by atoms with E-state index < -0.39 is 10.0 Å². The van der Waals surface area contributed by atoms with Gasteiger partial charge in [0.1, 0.15) is 0 Å². The third kappa shape index (κ3) is 4.38. The number of nitrogens with zero attached hydrogens (tertiary/aromatic N) is 2. The average Bonchev–Trinajstić information content (AvgIpc) is 2.62. The summed E-state index contributed by atoms with van der Waals surface area (Å²) in [4.78, 5) is 13.7. The van der Waals surface area contributed by atoms with Crippen LogP contribution in [-0.2, 0) is 19.6 Å². The minimum atomic E-state index is -3.52. The van der Waals surface area contributed by atoms with Crippen LogP contribution in [0.25, 0.3) is 0 Å². The van der Waals surface area contributed by atoms with E-state index in [0.29, 0.717) is 32.0 Å². The second-order valence-electron chi connectivity index (χ2n) is 6.51. The third-order valence-electron chi connectivity index (χ3n) is 4.73. The zero-order valence-electron chi connectivity index (χ0n) is 14.5. The number of hydrogen-bond donors (Lipinski definition) is 1. The summed E-state index contributed by atoms with van der Waals surface area (Å²) >= 11 is 0. The van der Waals surface area contributed by atoms with E-state index in [1.54, 1.807) is 28.6 Å². The van der Waals surface area contributed by atoms with Gasteiger partial charge >= 0.3 is 0 Å². The molecule has 0 aliphatic carbocycles. The van der Waals surface area contributed by atoms with Crippen molar-refractivity contribution in [3.63, 3.8) is 0 Å². The molecule has 1 aromatic rings. The Hall–Kier alpha value is -1.48. The SMILES string of the molecule is CC(=O)Nc1ccc(S(=O)(=O)N2CCC[C@@H](N3CCOCC3)C2)cc1. The molecular weight excluding hydrogens is 342 g/mol. The number of carbonyl (C=O) groups is 1. The zero-order chi connectivity index (χ0) is 17.9. The molecule has 2 aliphatic heterocycles. The maximum Gasteiger partial charge on any atom is 0.243 e. The molecule has 1 amide bonds. The molecule has 7 nitrogen and oxygen atoms in total. The number of carbonyl (C=O) groups excluding carboxylic acids is 1. The molecule has 138 valence electrons. The smallest absolute Gasteiger partial charge is 0.243 e. The van der Waals surface area contributed by atoms with Crippen LogP contribution in [0.1, 0.15) is 19.8 Å². The molecule has 2 saturated heterocycles. The van der Waals surface area contributed by atoms with Gasteiger partial charge in [0, 0.05) is 44.8 Å². The summed E-state index contributed by atoms with van der Waals surface area (Å²) in [5.74, 6) is -0.181. The van der Waals surface area contributed by atoms with Crippen molar-refractivity contribution in [2.75, 3.05) is 44.7 Å². The van der Waals surface area contributed by atoms with Crippen molar-refractivity contribution in [1.29, 1.82) is 0 Å². The van der Waals surface area contributed by atoms with E-state index in [1.807, 2.05) is 0 Å². The number of sulfonamides is 1. The first-order valence-electron chi connectivity index (χ1n) is 8.66. The van der Waals surface area contributed by atoms with Gasteiger partial charge in [-0.25, -0.2) is 8.42 Å². The highest BCUT2D eigenvalue weighted by Crippen LogP contribution is 2.24. The maximum absolute atomic E-state index is 12.9. The fourth-order valence-electron chi connectivity index (χ4n) is 3.44. The molecule has 1 aromatic carbocycles. The van der Waals surface area contributed by atoms with Gasteiger partial charge in [0.05, 0.1) is 18.1 Å². The zero-order valence-corrected chi connectivity index (χ0v) is 15.3. The van der Waals surface area contributed by atoms with Crippen LogP contribution in [0.3, 0.4) is 0 Å². The summed E-state index contributed by atoms with van der Waals surface area (Å²) in [6.45, 7) is 5.66. The summed E-state index contributed by atoms with van der Waals surface area (Å²) < 4.78 is 32.9. The first-order chi connectivity index (χ1) is 12.0. The van der Waals surface area contributed by atoms with Crippen molar-refractivity contribution in [2.24, 2.45) is 0 Å². The highest BCUT2D eigenvalue weighted by atomic mass is 32.2. The Labute approximate surface area is 149 Å². The number of rotatable bonds is 4. The van der Waals surface area contributed by atoms with Crippen molar-refractivity contribution in [3.05, 3.63) is 24.3 Å². The monoisotopic (exact) mass is 367 g/mol. The van der Waals surface area contributed by atoms with Crippen LogP contribution < -0.4 is 5.32 Å². The summed E-state index contributed by atoms with van der Waals surface area (Å²) in [5, 5.41) is 2.65. The number of morpholine rings is 1. The Morgan fingerprint density at radius 3 is 2.48 bits per heavy atom. The van der Waals surface area contributed by atoms with E-state index >= 15 is 0 Å². The van der Waals surface area contributed by atoms with Gasteiger partial charge in [-0.2, -0.15) is 4.31 Å². The third-order valence-corrected chi connectivity index (χ3v) is 6.61. The Balaban J connectivity index is 1.71. The molecule has 0 aromatic heterocycles. The lowest BCUT2D eigenvalue weighted by Crippen LogP contribution is -2.52. The van der Waals surface area contributed by atoms with Crippen LogP contribution >= 0.6 is 0 Å². The molecule has 1 N–H and O–H groups in total. The molecule has 0 spiro atoms. The first-order valence-corrected chi connectivity index (χ1v) is 10.1. The number of hydrogen-bond acceptors (Lipinski definition) is 5. The summed E-state index contributed by atoms with van der Waals surface area (Å²) in [6, 6.07) is 6.61. The van der Waals surface area contributed by atoms with E-state index in [1.165, 1.54) is 6.92 Å². The van der Waals surface area contributed by atoms with Gasteiger partial charge in [-0.3, -0.25) is 9.69 Å². The molecule has 0 saturated carbocycles. The highest BCUT2D eigenvalue weighted by molar-refractivity contribution is 7.89. The fraction of sp³-hybridized carbons (Fsp3) is 0.588. The van der Waals surface area contributed by atoms with Crippen LogP contribution in [0.4, 0.5) is 5.69 Å². The summed E-state index contributed by atoms with van der Waals surface area (Å²) in [6.07, 6.45) is 1.89. The molecule has 0 radical (unpaired) electrons. The van der Waals surface area contributed by atoms with Gasteiger partial charge in [-0.1, -0.05) is 0 Å². The van der Waals surface area contributed by atoms with Gasteiger partial charge in [-0.05, 0) is 37.1 Å². The van der Waals surface area contributed by atoms with Crippen LogP contribution in [0.15, 0.2) is 29.2 Å². The van der Waals surface area contributed by atoms with Gasteiger partial charge in [0.2, 0.25) is 15.9 Å². The number of amides is 1. The number of nitrogens with one attached hydrogen (secondary N) is 1. The van der Waals surface area contributed by atoms with Gasteiger partial charge in [0.25, 0.3) is 0 Å². The van der Waals surface area contributed by atoms with Gasteiger partial charge in [0.15, 0.2) is 0 Å². The van der Waals surface area contributed by atoms with Gasteiger partial charge in [-0.15, -0.1) is 0 Å². The number of piperidine rings is 1. The van der Waals surface area contributed by atoms with Crippen LogP contribution in [0, 0.1) is 0 Å². The van der Waals surface area contributed by atoms with Crippen LogP contribution in [-0.4, -0.2) is 69.0 Å². The average molecular weight is 367 g/mol.